The van der Waals surface area contributed by atoms with Crippen molar-refractivity contribution in [3.05, 3.63) is 23.8 Å². The number of allylic oxidation sites excluding steroid dienone is 3. The minimum Gasteiger partial charge on any atom is -0.480 e. The van der Waals surface area contributed by atoms with Crippen LogP contribution >= 0.6 is 0 Å². The fraction of sp³-hybridized carbons (Fsp3) is 0.364. The van der Waals surface area contributed by atoms with Crippen LogP contribution in [0.25, 0.3) is 0 Å². The fourth-order valence-electron chi connectivity index (χ4n) is 1.92. The molecule has 5 heteroatoms. The number of ketones is 1. The van der Waals surface area contributed by atoms with Crippen LogP contribution in [0.5, 0.6) is 0 Å². The molecule has 1 unspecified atom stereocenters. The van der Waals surface area contributed by atoms with Gasteiger partial charge in [0.2, 0.25) is 0 Å². The van der Waals surface area contributed by atoms with Gasteiger partial charge in [0.1, 0.15) is 6.04 Å². The highest BCUT2D eigenvalue weighted by atomic mass is 16.4. The van der Waals surface area contributed by atoms with Gasteiger partial charge in [0.05, 0.1) is 5.71 Å². The van der Waals surface area contributed by atoms with Crippen molar-refractivity contribution in [2.24, 2.45) is 16.6 Å². The van der Waals surface area contributed by atoms with Gasteiger partial charge in [0.15, 0.2) is 5.78 Å². The van der Waals surface area contributed by atoms with Gasteiger partial charge < -0.3 is 10.8 Å². The molecular formula is C11H12N2O3. The van der Waals surface area contributed by atoms with Crippen molar-refractivity contribution in [2.75, 3.05) is 6.54 Å². The Kier molecular flexibility index (Phi) is 2.70. The van der Waals surface area contributed by atoms with E-state index < -0.39 is 12.0 Å². The molecule has 0 radical (unpaired) electrons. The Morgan fingerprint density at radius 1 is 1.62 bits per heavy atom. The number of hydrogen-bond acceptors (Lipinski definition) is 4. The highest BCUT2D eigenvalue weighted by Crippen LogP contribution is 2.27. The number of carbonyl (C=O) groups excluding carboxylic acids is 1. The van der Waals surface area contributed by atoms with Gasteiger partial charge in [-0.1, -0.05) is 0 Å². The molecule has 0 amide bonds. The Balaban J connectivity index is 2.11. The molecule has 16 heavy (non-hydrogen) atoms. The molecule has 2 atom stereocenters. The van der Waals surface area contributed by atoms with Crippen molar-refractivity contribution in [3.8, 4) is 0 Å². The maximum Gasteiger partial charge on any atom is 0.320 e. The molecule has 0 fully saturated rings. The van der Waals surface area contributed by atoms with E-state index in [-0.39, 0.29) is 11.7 Å². The average Bonchev–Trinajstić information content (AvgIpc) is 2.61. The van der Waals surface area contributed by atoms with E-state index in [1.165, 1.54) is 12.2 Å². The van der Waals surface area contributed by atoms with E-state index in [4.69, 9.17) is 10.8 Å². The molecular weight excluding hydrogens is 208 g/mol. The summed E-state index contributed by atoms with van der Waals surface area (Å²) < 4.78 is 0. The summed E-state index contributed by atoms with van der Waals surface area (Å²) in [5.74, 6) is -1.15. The lowest BCUT2D eigenvalue weighted by Gasteiger charge is -2.15. The highest BCUT2D eigenvalue weighted by molar-refractivity contribution is 6.20. The summed E-state index contributed by atoms with van der Waals surface area (Å²) in [6.07, 6.45) is 4.96. The number of fused-ring (bicyclic) bond motifs is 1. The zero-order valence-electron chi connectivity index (χ0n) is 8.59. The zero-order chi connectivity index (χ0) is 11.7. The number of carboxylic acid groups (broad SMARTS) is 1. The molecule has 0 aromatic rings. The Hall–Kier alpha value is -1.75. The highest BCUT2D eigenvalue weighted by Gasteiger charge is 2.29. The maximum atomic E-state index is 11.2. The van der Waals surface area contributed by atoms with Crippen LogP contribution in [0.15, 0.2) is 28.8 Å². The van der Waals surface area contributed by atoms with Crippen LogP contribution < -0.4 is 5.73 Å². The lowest BCUT2D eigenvalue weighted by Crippen LogP contribution is -2.33. The first-order valence-electron chi connectivity index (χ1n) is 5.05. The van der Waals surface area contributed by atoms with Crippen molar-refractivity contribution in [2.45, 2.75) is 12.5 Å². The van der Waals surface area contributed by atoms with Gasteiger partial charge in [-0.3, -0.25) is 14.6 Å². The quantitative estimate of drug-likeness (QED) is 0.651. The molecule has 0 aromatic carbocycles. The van der Waals surface area contributed by atoms with Crippen LogP contribution in [0.1, 0.15) is 6.42 Å². The number of aliphatic carboxylic acids is 1. The molecule has 2 aliphatic rings. The monoisotopic (exact) mass is 220 g/mol. The average molecular weight is 220 g/mol. The van der Waals surface area contributed by atoms with Gasteiger partial charge in [-0.2, -0.15) is 0 Å². The first-order chi connectivity index (χ1) is 7.58. The molecule has 0 aromatic heterocycles. The topological polar surface area (TPSA) is 92.8 Å². The summed E-state index contributed by atoms with van der Waals surface area (Å²) in [6, 6.07) is -0.901. The summed E-state index contributed by atoms with van der Waals surface area (Å²) in [5, 5.41) is 8.73. The third-order valence-electron chi connectivity index (χ3n) is 2.78. The lowest BCUT2D eigenvalue weighted by molar-refractivity contribution is -0.138. The van der Waals surface area contributed by atoms with Crippen molar-refractivity contribution in [3.63, 3.8) is 0 Å². The number of rotatable bonds is 3. The summed E-state index contributed by atoms with van der Waals surface area (Å²) in [4.78, 5) is 26.1. The first kappa shape index (κ1) is 10.8. The number of carbonyl (C=O) groups is 2. The molecule has 1 aliphatic heterocycles. The molecule has 3 N–H and O–H groups in total. The predicted molar refractivity (Wildman–Crippen MR) is 58.3 cm³/mol. The molecule has 0 bridgehead atoms. The Morgan fingerprint density at radius 2 is 2.38 bits per heavy atom. The van der Waals surface area contributed by atoms with Crippen LogP contribution in [0, 0.1) is 5.92 Å². The maximum absolute atomic E-state index is 11.2. The third kappa shape index (κ3) is 1.94. The smallest absolute Gasteiger partial charge is 0.320 e. The molecule has 0 saturated heterocycles. The molecule has 84 valence electrons. The third-order valence-corrected chi connectivity index (χ3v) is 2.78. The summed E-state index contributed by atoms with van der Waals surface area (Å²) >= 11 is 0. The van der Waals surface area contributed by atoms with Gasteiger partial charge in [0, 0.05) is 12.5 Å². The largest absolute Gasteiger partial charge is 0.480 e. The summed E-state index contributed by atoms with van der Waals surface area (Å²) in [5.41, 5.74) is 7.08. The van der Waals surface area contributed by atoms with Gasteiger partial charge in [-0.05, 0) is 30.2 Å². The predicted octanol–water partition coefficient (Wildman–Crippen LogP) is -0.0755. The Morgan fingerprint density at radius 3 is 3.06 bits per heavy atom. The van der Waals surface area contributed by atoms with Crippen LogP contribution in [0.2, 0.25) is 0 Å². The zero-order valence-corrected chi connectivity index (χ0v) is 8.59. The van der Waals surface area contributed by atoms with Gasteiger partial charge in [-0.15, -0.1) is 0 Å². The number of hydrogen-bond donors (Lipinski definition) is 2. The summed E-state index contributed by atoms with van der Waals surface area (Å²) in [7, 11) is 0. The molecule has 1 heterocycles. The SMILES string of the molecule is N[C@@H](CC1CN=C2C=CC(=O)C=C21)C(=O)O. The van der Waals surface area contributed by atoms with Gasteiger partial charge in [0.25, 0.3) is 0 Å². The molecule has 2 rings (SSSR count). The van der Waals surface area contributed by atoms with Gasteiger partial charge >= 0.3 is 5.97 Å². The minimum absolute atomic E-state index is 0.0463. The van der Waals surface area contributed by atoms with Crippen molar-refractivity contribution < 1.29 is 14.7 Å². The van der Waals surface area contributed by atoms with E-state index in [0.29, 0.717) is 13.0 Å². The normalized spacial score (nSPS) is 24.8. The van der Waals surface area contributed by atoms with E-state index in [1.54, 1.807) is 6.08 Å². The molecule has 0 spiro atoms. The molecule has 5 nitrogen and oxygen atoms in total. The van der Waals surface area contributed by atoms with E-state index >= 15 is 0 Å². The van der Waals surface area contributed by atoms with E-state index in [9.17, 15) is 9.59 Å². The first-order valence-corrected chi connectivity index (χ1v) is 5.05. The summed E-state index contributed by atoms with van der Waals surface area (Å²) in [6.45, 7) is 0.514. The standard InChI is InChI=1S/C11H12N2O3/c12-9(11(15)16)3-6-5-13-10-2-1-7(14)4-8(6)10/h1-2,4,6,9H,3,5,12H2,(H,15,16)/t6?,9-/m0/s1. The van der Waals surface area contributed by atoms with Crippen LogP contribution in [0.3, 0.4) is 0 Å². The van der Waals surface area contributed by atoms with Crippen LogP contribution in [0.4, 0.5) is 0 Å². The lowest BCUT2D eigenvalue weighted by atomic mass is 9.89. The minimum atomic E-state index is -1.02. The van der Waals surface area contributed by atoms with Crippen LogP contribution in [-0.4, -0.2) is 35.2 Å². The van der Waals surface area contributed by atoms with Crippen molar-refractivity contribution >= 4 is 17.5 Å². The molecule has 1 aliphatic carbocycles. The number of carboxylic acids is 1. The number of aliphatic imine (C=N–C) groups is 1. The van der Waals surface area contributed by atoms with E-state index in [2.05, 4.69) is 4.99 Å². The van der Waals surface area contributed by atoms with Gasteiger partial charge in [-0.25, -0.2) is 0 Å². The number of nitrogens with two attached hydrogens (primary N) is 1. The van der Waals surface area contributed by atoms with E-state index in [1.807, 2.05) is 0 Å². The second-order valence-electron chi connectivity index (χ2n) is 3.94. The van der Waals surface area contributed by atoms with Crippen LogP contribution in [-0.2, 0) is 9.59 Å². The fourth-order valence-corrected chi connectivity index (χ4v) is 1.92. The second-order valence-corrected chi connectivity index (χ2v) is 3.94. The second kappa shape index (κ2) is 4.02. The van der Waals surface area contributed by atoms with E-state index in [0.717, 1.165) is 11.3 Å². The van der Waals surface area contributed by atoms with Crippen molar-refractivity contribution in [1.82, 2.24) is 0 Å². The molecule has 0 saturated carbocycles. The van der Waals surface area contributed by atoms with Crippen molar-refractivity contribution in [1.29, 1.82) is 0 Å². The Bertz CT molecular complexity index is 435. The number of nitrogens with zero attached hydrogens (tertiary/aromatic N) is 1. The Labute approximate surface area is 92.4 Å².